The first-order valence-corrected chi connectivity index (χ1v) is 8.51. The van der Waals surface area contributed by atoms with E-state index in [-0.39, 0.29) is 5.16 Å². The number of hydrogen-bond acceptors (Lipinski definition) is 5. The molecule has 0 fully saturated rings. The van der Waals surface area contributed by atoms with E-state index in [4.69, 9.17) is 0 Å². The third kappa shape index (κ3) is 2.14. The minimum absolute atomic E-state index is 0.295. The van der Waals surface area contributed by atoms with Crippen molar-refractivity contribution in [3.63, 3.8) is 0 Å². The quantitative estimate of drug-likeness (QED) is 0.735. The standard InChI is InChI=1S/C13H10N2O3S2/c1-20(17,18)13-14-11(16)10-9(7-19-12(10)15-13)8-5-3-2-4-6-8/h2-7H,1H3,(H,14,15,16). The zero-order valence-electron chi connectivity index (χ0n) is 10.5. The van der Waals surface area contributed by atoms with Crippen molar-refractivity contribution in [1.82, 2.24) is 9.97 Å². The second-order valence-corrected chi connectivity index (χ2v) is 7.13. The molecule has 0 bridgehead atoms. The van der Waals surface area contributed by atoms with Crippen LogP contribution in [0.15, 0.2) is 45.7 Å². The lowest BCUT2D eigenvalue weighted by atomic mass is 10.1. The van der Waals surface area contributed by atoms with Crippen molar-refractivity contribution in [2.45, 2.75) is 5.16 Å². The highest BCUT2D eigenvalue weighted by Gasteiger charge is 2.17. The Morgan fingerprint density at radius 1 is 1.20 bits per heavy atom. The summed E-state index contributed by atoms with van der Waals surface area (Å²) in [6.45, 7) is 0. The van der Waals surface area contributed by atoms with Crippen LogP contribution >= 0.6 is 11.3 Å². The van der Waals surface area contributed by atoms with Crippen LogP contribution in [-0.4, -0.2) is 24.6 Å². The molecule has 102 valence electrons. The average Bonchev–Trinajstić information content (AvgIpc) is 2.83. The summed E-state index contributed by atoms with van der Waals surface area (Å²) in [5.41, 5.74) is 1.23. The molecule has 0 aliphatic rings. The van der Waals surface area contributed by atoms with Crippen molar-refractivity contribution in [3.8, 4) is 11.1 Å². The minimum atomic E-state index is -3.53. The van der Waals surface area contributed by atoms with Crippen LogP contribution in [-0.2, 0) is 9.84 Å². The molecule has 0 saturated carbocycles. The Labute approximate surface area is 118 Å². The van der Waals surface area contributed by atoms with Gasteiger partial charge in [-0.3, -0.25) is 9.78 Å². The van der Waals surface area contributed by atoms with Crippen LogP contribution in [0.2, 0.25) is 0 Å². The molecule has 1 aromatic carbocycles. The highest BCUT2D eigenvalue weighted by Crippen LogP contribution is 2.30. The molecule has 0 saturated heterocycles. The molecule has 2 heterocycles. The van der Waals surface area contributed by atoms with Gasteiger partial charge in [-0.2, -0.15) is 0 Å². The minimum Gasteiger partial charge on any atom is -0.297 e. The zero-order chi connectivity index (χ0) is 14.3. The molecule has 3 aromatic rings. The molecule has 1 N–H and O–H groups in total. The maximum absolute atomic E-state index is 12.1. The van der Waals surface area contributed by atoms with Gasteiger partial charge in [-0.1, -0.05) is 30.3 Å². The summed E-state index contributed by atoms with van der Waals surface area (Å²) >= 11 is 1.26. The lowest BCUT2D eigenvalue weighted by Gasteiger charge is -2.00. The van der Waals surface area contributed by atoms with Gasteiger partial charge in [0, 0.05) is 17.2 Å². The van der Waals surface area contributed by atoms with Crippen molar-refractivity contribution >= 4 is 31.4 Å². The van der Waals surface area contributed by atoms with Gasteiger partial charge >= 0.3 is 0 Å². The number of aromatic nitrogens is 2. The summed E-state index contributed by atoms with van der Waals surface area (Å²) in [5, 5.41) is 1.94. The van der Waals surface area contributed by atoms with Gasteiger partial charge in [-0.25, -0.2) is 13.4 Å². The average molecular weight is 306 g/mol. The first kappa shape index (κ1) is 13.0. The normalized spacial score (nSPS) is 11.8. The number of rotatable bonds is 2. The molecule has 0 radical (unpaired) electrons. The summed E-state index contributed by atoms with van der Waals surface area (Å²) in [5.74, 6) is 0. The summed E-state index contributed by atoms with van der Waals surface area (Å²) in [4.78, 5) is 18.9. The highest BCUT2D eigenvalue weighted by atomic mass is 32.2. The fourth-order valence-corrected chi connectivity index (χ4v) is 3.48. The number of H-pyrrole nitrogens is 1. The Hall–Kier alpha value is -1.99. The predicted molar refractivity (Wildman–Crippen MR) is 78.8 cm³/mol. The third-order valence-electron chi connectivity index (χ3n) is 2.86. The van der Waals surface area contributed by atoms with E-state index in [0.29, 0.717) is 10.2 Å². The van der Waals surface area contributed by atoms with Gasteiger partial charge < -0.3 is 0 Å². The molecule has 0 atom stereocenters. The molecule has 2 aromatic heterocycles. The number of nitrogens with zero attached hydrogens (tertiary/aromatic N) is 1. The van der Waals surface area contributed by atoms with Crippen molar-refractivity contribution < 1.29 is 8.42 Å². The van der Waals surface area contributed by atoms with Crippen LogP contribution in [0, 0.1) is 0 Å². The number of nitrogens with one attached hydrogen (secondary N) is 1. The molecule has 0 amide bonds. The van der Waals surface area contributed by atoms with Gasteiger partial charge in [0.25, 0.3) is 5.56 Å². The Balaban J connectivity index is 2.33. The van der Waals surface area contributed by atoms with E-state index in [1.165, 1.54) is 11.3 Å². The van der Waals surface area contributed by atoms with E-state index in [2.05, 4.69) is 9.97 Å². The van der Waals surface area contributed by atoms with Crippen molar-refractivity contribution in [2.24, 2.45) is 0 Å². The number of thiophene rings is 1. The van der Waals surface area contributed by atoms with Crippen molar-refractivity contribution in [3.05, 3.63) is 46.1 Å². The lowest BCUT2D eigenvalue weighted by molar-refractivity contribution is 0.593. The van der Waals surface area contributed by atoms with Crippen LogP contribution in [0.5, 0.6) is 0 Å². The fourth-order valence-electron chi connectivity index (χ4n) is 1.93. The van der Waals surface area contributed by atoms with E-state index in [9.17, 15) is 13.2 Å². The second-order valence-electron chi connectivity index (χ2n) is 4.34. The van der Waals surface area contributed by atoms with Crippen molar-refractivity contribution in [1.29, 1.82) is 0 Å². The molecule has 0 unspecified atom stereocenters. The second kappa shape index (κ2) is 4.53. The van der Waals surface area contributed by atoms with E-state index >= 15 is 0 Å². The molecule has 7 heteroatoms. The lowest BCUT2D eigenvalue weighted by Crippen LogP contribution is -2.14. The molecule has 0 aliphatic heterocycles. The van der Waals surface area contributed by atoms with Gasteiger partial charge in [-0.05, 0) is 5.56 Å². The zero-order valence-corrected chi connectivity index (χ0v) is 12.1. The van der Waals surface area contributed by atoms with Gasteiger partial charge in [0.2, 0.25) is 15.0 Å². The van der Waals surface area contributed by atoms with E-state index in [1.807, 2.05) is 35.7 Å². The van der Waals surface area contributed by atoms with Crippen molar-refractivity contribution in [2.75, 3.05) is 6.26 Å². The van der Waals surface area contributed by atoms with Crippen LogP contribution in [0.25, 0.3) is 21.3 Å². The first-order valence-electron chi connectivity index (χ1n) is 5.74. The first-order chi connectivity index (χ1) is 9.47. The van der Waals surface area contributed by atoms with Gasteiger partial charge in [-0.15, -0.1) is 11.3 Å². The highest BCUT2D eigenvalue weighted by molar-refractivity contribution is 7.90. The van der Waals surface area contributed by atoms with E-state index in [1.54, 1.807) is 0 Å². The Kier molecular flexibility index (Phi) is 2.95. The molecule has 5 nitrogen and oxygen atoms in total. The molecule has 0 aliphatic carbocycles. The van der Waals surface area contributed by atoms with Crippen LogP contribution in [0.1, 0.15) is 0 Å². The topological polar surface area (TPSA) is 79.9 Å². The Bertz CT molecular complexity index is 941. The SMILES string of the molecule is CS(=O)(=O)c1nc2scc(-c3ccccc3)c2c(=O)[nH]1. The molecule has 0 spiro atoms. The number of sulfone groups is 1. The maximum atomic E-state index is 12.1. The molecule has 20 heavy (non-hydrogen) atoms. The smallest absolute Gasteiger partial charge is 0.261 e. The largest absolute Gasteiger partial charge is 0.297 e. The van der Waals surface area contributed by atoms with E-state index in [0.717, 1.165) is 17.4 Å². The Morgan fingerprint density at radius 3 is 2.55 bits per heavy atom. The number of fused-ring (bicyclic) bond motifs is 1. The molecular formula is C13H10N2O3S2. The van der Waals surface area contributed by atoms with Crippen LogP contribution in [0.4, 0.5) is 0 Å². The third-order valence-corrected chi connectivity index (χ3v) is 4.63. The Morgan fingerprint density at radius 2 is 1.90 bits per heavy atom. The fraction of sp³-hybridized carbons (Fsp3) is 0.0769. The number of benzene rings is 1. The van der Waals surface area contributed by atoms with Gasteiger partial charge in [0.15, 0.2) is 0 Å². The summed E-state index contributed by atoms with van der Waals surface area (Å²) in [6, 6.07) is 9.44. The maximum Gasteiger partial charge on any atom is 0.261 e. The van der Waals surface area contributed by atoms with Crippen LogP contribution < -0.4 is 5.56 Å². The summed E-state index contributed by atoms with van der Waals surface area (Å²) in [6.07, 6.45) is 1.02. The molecular weight excluding hydrogens is 296 g/mol. The van der Waals surface area contributed by atoms with E-state index < -0.39 is 15.4 Å². The molecule has 3 rings (SSSR count). The van der Waals surface area contributed by atoms with Gasteiger partial charge in [0.05, 0.1) is 5.39 Å². The monoisotopic (exact) mass is 306 g/mol. The number of aromatic amines is 1. The summed E-state index contributed by atoms with van der Waals surface area (Å²) in [7, 11) is -3.53. The number of hydrogen-bond donors (Lipinski definition) is 1. The predicted octanol–water partition coefficient (Wildman–Crippen LogP) is 2.06. The van der Waals surface area contributed by atoms with Gasteiger partial charge in [0.1, 0.15) is 4.83 Å². The summed E-state index contributed by atoms with van der Waals surface area (Å²) < 4.78 is 23.0. The van der Waals surface area contributed by atoms with Crippen LogP contribution in [0.3, 0.4) is 0 Å².